The number of rotatable bonds is 4. The van der Waals surface area contributed by atoms with E-state index < -0.39 is 0 Å². The van der Waals surface area contributed by atoms with Crippen molar-refractivity contribution in [3.8, 4) is 0 Å². The van der Waals surface area contributed by atoms with Gasteiger partial charge >= 0.3 is 0 Å². The minimum Gasteiger partial charge on any atom is -0.398 e. The Balaban J connectivity index is 1.95. The molecule has 3 N–H and O–H groups in total. The number of carbonyl (C=O) groups excluding carboxylic acids is 1. The number of hydrogen-bond donors (Lipinski definition) is 2. The molecule has 0 spiro atoms. The van der Waals surface area contributed by atoms with Crippen LogP contribution in [-0.4, -0.2) is 12.5 Å². The van der Waals surface area contributed by atoms with E-state index in [4.69, 9.17) is 17.3 Å². The van der Waals surface area contributed by atoms with Crippen molar-refractivity contribution in [2.75, 3.05) is 12.3 Å². The van der Waals surface area contributed by atoms with Crippen molar-refractivity contribution in [1.29, 1.82) is 0 Å². The van der Waals surface area contributed by atoms with Crippen molar-refractivity contribution in [3.63, 3.8) is 0 Å². The van der Waals surface area contributed by atoms with Crippen molar-refractivity contribution in [3.05, 3.63) is 64.7 Å². The summed E-state index contributed by atoms with van der Waals surface area (Å²) in [5.41, 5.74) is 7.67. The van der Waals surface area contributed by atoms with Crippen molar-refractivity contribution < 1.29 is 4.79 Å². The van der Waals surface area contributed by atoms with Crippen LogP contribution < -0.4 is 11.1 Å². The molecule has 0 saturated carbocycles. The topological polar surface area (TPSA) is 55.1 Å². The number of halogens is 1. The van der Waals surface area contributed by atoms with Gasteiger partial charge in [0.05, 0.1) is 10.6 Å². The zero-order chi connectivity index (χ0) is 13.7. The van der Waals surface area contributed by atoms with Crippen LogP contribution >= 0.6 is 11.6 Å². The molecule has 2 aromatic carbocycles. The molecule has 0 radical (unpaired) electrons. The van der Waals surface area contributed by atoms with Gasteiger partial charge in [-0.15, -0.1) is 0 Å². The third kappa shape index (κ3) is 3.48. The van der Waals surface area contributed by atoms with Gasteiger partial charge < -0.3 is 11.1 Å². The number of nitrogens with one attached hydrogen (secondary N) is 1. The Hall–Kier alpha value is -2.00. The van der Waals surface area contributed by atoms with Crippen molar-refractivity contribution >= 4 is 23.2 Å². The molecule has 19 heavy (non-hydrogen) atoms. The molecule has 0 aliphatic heterocycles. The van der Waals surface area contributed by atoms with Crippen LogP contribution in [0.25, 0.3) is 0 Å². The van der Waals surface area contributed by atoms with Gasteiger partial charge in [0.1, 0.15) is 0 Å². The molecular formula is C15H15ClN2O. The second-order valence-electron chi connectivity index (χ2n) is 4.20. The van der Waals surface area contributed by atoms with Crippen LogP contribution in [-0.2, 0) is 6.42 Å². The van der Waals surface area contributed by atoms with E-state index >= 15 is 0 Å². The van der Waals surface area contributed by atoms with Gasteiger partial charge in [0, 0.05) is 12.2 Å². The third-order valence-corrected chi connectivity index (χ3v) is 3.13. The molecule has 1 amide bonds. The summed E-state index contributed by atoms with van der Waals surface area (Å²) in [5.74, 6) is -0.237. The van der Waals surface area contributed by atoms with E-state index in [9.17, 15) is 4.79 Å². The minimum atomic E-state index is -0.237. The fourth-order valence-electron chi connectivity index (χ4n) is 1.83. The summed E-state index contributed by atoms with van der Waals surface area (Å²) >= 11 is 5.98. The Bertz CT molecular complexity index is 549. The highest BCUT2D eigenvalue weighted by Gasteiger charge is 2.12. The van der Waals surface area contributed by atoms with Gasteiger partial charge in [0.15, 0.2) is 0 Å². The monoisotopic (exact) mass is 274 g/mol. The number of nitrogens with two attached hydrogens (primary N) is 1. The van der Waals surface area contributed by atoms with Crippen LogP contribution in [0, 0.1) is 0 Å². The molecule has 4 heteroatoms. The summed E-state index contributed by atoms with van der Waals surface area (Å²) in [5, 5.41) is 3.20. The number of nitrogen functional groups attached to an aromatic ring is 1. The van der Waals surface area contributed by atoms with Crippen molar-refractivity contribution in [2.24, 2.45) is 0 Å². The van der Waals surface area contributed by atoms with E-state index in [-0.39, 0.29) is 5.91 Å². The Morgan fingerprint density at radius 2 is 1.84 bits per heavy atom. The standard InChI is InChI=1S/C15H15ClN2O/c16-12-7-4-8-13(17)14(12)15(19)18-10-9-11-5-2-1-3-6-11/h1-8H,9-10,17H2,(H,18,19). The van der Waals surface area contributed by atoms with Gasteiger partial charge in [-0.3, -0.25) is 4.79 Å². The predicted octanol–water partition coefficient (Wildman–Crippen LogP) is 2.89. The van der Waals surface area contributed by atoms with Crippen LogP contribution in [0.3, 0.4) is 0 Å². The zero-order valence-corrected chi connectivity index (χ0v) is 11.2. The van der Waals surface area contributed by atoms with E-state index in [2.05, 4.69) is 5.32 Å². The Kier molecular flexibility index (Phi) is 4.42. The predicted molar refractivity (Wildman–Crippen MR) is 78.3 cm³/mol. The summed E-state index contributed by atoms with van der Waals surface area (Å²) in [6.07, 6.45) is 0.775. The number of hydrogen-bond acceptors (Lipinski definition) is 2. The maximum Gasteiger partial charge on any atom is 0.254 e. The maximum absolute atomic E-state index is 12.0. The fraction of sp³-hybridized carbons (Fsp3) is 0.133. The average molecular weight is 275 g/mol. The number of benzene rings is 2. The van der Waals surface area contributed by atoms with Gasteiger partial charge in [-0.2, -0.15) is 0 Å². The first-order chi connectivity index (χ1) is 9.18. The Labute approximate surface area is 117 Å². The maximum atomic E-state index is 12.0. The summed E-state index contributed by atoms with van der Waals surface area (Å²) in [4.78, 5) is 12.0. The number of carbonyl (C=O) groups is 1. The Morgan fingerprint density at radius 3 is 2.53 bits per heavy atom. The normalized spacial score (nSPS) is 10.2. The molecule has 0 bridgehead atoms. The lowest BCUT2D eigenvalue weighted by atomic mass is 10.1. The molecule has 98 valence electrons. The average Bonchev–Trinajstić information content (AvgIpc) is 2.40. The molecule has 0 unspecified atom stereocenters. The van der Waals surface area contributed by atoms with Crippen molar-refractivity contribution in [1.82, 2.24) is 5.32 Å². The number of anilines is 1. The van der Waals surface area contributed by atoms with Crippen molar-refractivity contribution in [2.45, 2.75) is 6.42 Å². The molecule has 0 saturated heterocycles. The van der Waals surface area contributed by atoms with E-state index in [0.717, 1.165) is 6.42 Å². The molecule has 0 aromatic heterocycles. The second kappa shape index (κ2) is 6.25. The lowest BCUT2D eigenvalue weighted by Gasteiger charge is -2.09. The van der Waals surface area contributed by atoms with E-state index in [1.807, 2.05) is 30.3 Å². The van der Waals surface area contributed by atoms with E-state index in [1.165, 1.54) is 5.56 Å². The molecule has 0 aliphatic rings. The molecule has 0 fully saturated rings. The lowest BCUT2D eigenvalue weighted by molar-refractivity contribution is 0.0955. The number of amides is 1. The highest BCUT2D eigenvalue weighted by atomic mass is 35.5. The fourth-order valence-corrected chi connectivity index (χ4v) is 2.10. The summed E-state index contributed by atoms with van der Waals surface area (Å²) in [6.45, 7) is 0.549. The zero-order valence-electron chi connectivity index (χ0n) is 10.4. The summed E-state index contributed by atoms with van der Waals surface area (Å²) in [7, 11) is 0. The molecule has 0 atom stereocenters. The molecule has 3 nitrogen and oxygen atoms in total. The van der Waals surface area contributed by atoms with Crippen LogP contribution in [0.15, 0.2) is 48.5 Å². The molecule has 0 aliphatic carbocycles. The molecular weight excluding hydrogens is 260 g/mol. The van der Waals surface area contributed by atoms with E-state index in [1.54, 1.807) is 18.2 Å². The smallest absolute Gasteiger partial charge is 0.254 e. The first kappa shape index (κ1) is 13.4. The molecule has 0 heterocycles. The van der Waals surface area contributed by atoms with Crippen LogP contribution in [0.2, 0.25) is 5.02 Å². The minimum absolute atomic E-state index is 0.237. The summed E-state index contributed by atoms with van der Waals surface area (Å²) < 4.78 is 0. The van der Waals surface area contributed by atoms with Gasteiger partial charge in [-0.1, -0.05) is 48.0 Å². The van der Waals surface area contributed by atoms with Gasteiger partial charge in [-0.25, -0.2) is 0 Å². The largest absolute Gasteiger partial charge is 0.398 e. The van der Waals surface area contributed by atoms with Gasteiger partial charge in [-0.05, 0) is 24.1 Å². The first-order valence-corrected chi connectivity index (χ1v) is 6.42. The van der Waals surface area contributed by atoms with Crippen LogP contribution in [0.5, 0.6) is 0 Å². The summed E-state index contributed by atoms with van der Waals surface area (Å²) in [6, 6.07) is 15.0. The van der Waals surface area contributed by atoms with E-state index in [0.29, 0.717) is 22.8 Å². The highest BCUT2D eigenvalue weighted by Crippen LogP contribution is 2.21. The first-order valence-electron chi connectivity index (χ1n) is 6.04. The molecule has 2 aromatic rings. The van der Waals surface area contributed by atoms with Gasteiger partial charge in [0.25, 0.3) is 5.91 Å². The van der Waals surface area contributed by atoms with Gasteiger partial charge in [0.2, 0.25) is 0 Å². The van der Waals surface area contributed by atoms with Crippen LogP contribution in [0.4, 0.5) is 5.69 Å². The van der Waals surface area contributed by atoms with Crippen LogP contribution in [0.1, 0.15) is 15.9 Å². The highest BCUT2D eigenvalue weighted by molar-refractivity contribution is 6.34. The lowest BCUT2D eigenvalue weighted by Crippen LogP contribution is -2.26. The second-order valence-corrected chi connectivity index (χ2v) is 4.60. The Morgan fingerprint density at radius 1 is 1.11 bits per heavy atom. The SMILES string of the molecule is Nc1cccc(Cl)c1C(=O)NCCc1ccccc1. The quantitative estimate of drug-likeness (QED) is 0.843. The molecule has 2 rings (SSSR count). The third-order valence-electron chi connectivity index (χ3n) is 2.81.